The molecule has 3 rings (SSSR count). The normalized spacial score (nSPS) is 14.2. The monoisotopic (exact) mass is 398 g/mol. The molecule has 1 saturated heterocycles. The summed E-state index contributed by atoms with van der Waals surface area (Å²) >= 11 is 0. The van der Waals surface area contributed by atoms with Crippen molar-refractivity contribution < 1.29 is 23.8 Å². The molecule has 0 bridgehead atoms. The van der Waals surface area contributed by atoms with Crippen molar-refractivity contribution in [3.63, 3.8) is 0 Å². The van der Waals surface area contributed by atoms with Crippen molar-refractivity contribution in [3.8, 4) is 11.5 Å². The maximum atomic E-state index is 12.8. The Kier molecular flexibility index (Phi) is 6.94. The molecular formula is C22H26N2O5. The molecule has 0 saturated carbocycles. The minimum absolute atomic E-state index is 0.00673. The fourth-order valence-corrected chi connectivity index (χ4v) is 3.31. The summed E-state index contributed by atoms with van der Waals surface area (Å²) in [6.07, 6.45) is 0.928. The quantitative estimate of drug-likeness (QED) is 0.808. The van der Waals surface area contributed by atoms with Gasteiger partial charge in [0.1, 0.15) is 6.61 Å². The van der Waals surface area contributed by atoms with Gasteiger partial charge < -0.3 is 24.4 Å². The number of rotatable bonds is 6. The molecule has 1 aliphatic heterocycles. The zero-order chi connectivity index (χ0) is 20.6. The van der Waals surface area contributed by atoms with Crippen molar-refractivity contribution >= 4 is 12.0 Å². The van der Waals surface area contributed by atoms with Crippen LogP contribution in [0.3, 0.4) is 0 Å². The summed E-state index contributed by atoms with van der Waals surface area (Å²) in [4.78, 5) is 26.6. The number of piperidine rings is 1. The van der Waals surface area contributed by atoms with Gasteiger partial charge in [-0.2, -0.15) is 0 Å². The minimum Gasteiger partial charge on any atom is -0.493 e. The van der Waals surface area contributed by atoms with Crippen molar-refractivity contribution in [2.24, 2.45) is 0 Å². The largest absolute Gasteiger partial charge is 0.493 e. The van der Waals surface area contributed by atoms with Gasteiger partial charge in [0.2, 0.25) is 0 Å². The fraction of sp³-hybridized carbons (Fsp3) is 0.364. The van der Waals surface area contributed by atoms with Gasteiger partial charge in [0.05, 0.1) is 14.2 Å². The van der Waals surface area contributed by atoms with Gasteiger partial charge >= 0.3 is 6.09 Å². The van der Waals surface area contributed by atoms with Gasteiger partial charge in [-0.3, -0.25) is 4.79 Å². The maximum Gasteiger partial charge on any atom is 0.407 e. The van der Waals surface area contributed by atoms with E-state index in [-0.39, 0.29) is 18.6 Å². The highest BCUT2D eigenvalue weighted by Crippen LogP contribution is 2.28. The molecule has 2 aromatic carbocycles. The third kappa shape index (κ3) is 5.40. The standard InChI is InChI=1S/C22H26N2O5/c1-27-19-9-8-17(14-20(19)28-2)21(25)24-12-10-18(11-13-24)23-22(26)29-15-16-6-4-3-5-7-16/h3-9,14,18H,10-13,15H2,1-2H3,(H,23,26). The third-order valence-corrected chi connectivity index (χ3v) is 4.95. The molecule has 0 unspecified atom stereocenters. The van der Waals surface area contributed by atoms with Gasteiger partial charge in [-0.05, 0) is 36.6 Å². The molecule has 29 heavy (non-hydrogen) atoms. The Morgan fingerprint density at radius 1 is 1.00 bits per heavy atom. The first-order valence-corrected chi connectivity index (χ1v) is 9.59. The van der Waals surface area contributed by atoms with E-state index in [9.17, 15) is 9.59 Å². The van der Waals surface area contributed by atoms with Crippen molar-refractivity contribution in [2.45, 2.75) is 25.5 Å². The number of carbonyl (C=O) groups excluding carboxylic acids is 2. The first-order chi connectivity index (χ1) is 14.1. The molecule has 154 valence electrons. The third-order valence-electron chi connectivity index (χ3n) is 4.95. The van der Waals surface area contributed by atoms with Crippen LogP contribution in [0.4, 0.5) is 4.79 Å². The van der Waals surface area contributed by atoms with E-state index < -0.39 is 6.09 Å². The zero-order valence-corrected chi connectivity index (χ0v) is 16.7. The van der Waals surface area contributed by atoms with Gasteiger partial charge in [-0.1, -0.05) is 30.3 Å². The summed E-state index contributed by atoms with van der Waals surface area (Å²) in [6, 6.07) is 14.7. The molecule has 7 heteroatoms. The van der Waals surface area contributed by atoms with Crippen molar-refractivity contribution in [3.05, 3.63) is 59.7 Å². The summed E-state index contributed by atoms with van der Waals surface area (Å²) in [5.41, 5.74) is 1.49. The molecule has 0 atom stereocenters. The van der Waals surface area contributed by atoms with E-state index in [2.05, 4.69) is 5.32 Å². The van der Waals surface area contributed by atoms with Crippen molar-refractivity contribution in [2.75, 3.05) is 27.3 Å². The van der Waals surface area contributed by atoms with E-state index in [1.165, 1.54) is 0 Å². The Bertz CT molecular complexity index is 832. The Hall–Kier alpha value is -3.22. The lowest BCUT2D eigenvalue weighted by Gasteiger charge is -2.32. The average Bonchev–Trinajstić information content (AvgIpc) is 2.78. The first-order valence-electron chi connectivity index (χ1n) is 9.59. The van der Waals surface area contributed by atoms with Crippen LogP contribution in [0.15, 0.2) is 48.5 Å². The summed E-state index contributed by atoms with van der Waals surface area (Å²) in [7, 11) is 3.10. The topological polar surface area (TPSA) is 77.1 Å². The Morgan fingerprint density at radius 3 is 2.34 bits per heavy atom. The number of methoxy groups -OCH3 is 2. The molecule has 1 N–H and O–H groups in total. The van der Waals surface area contributed by atoms with Crippen LogP contribution in [0.2, 0.25) is 0 Å². The Morgan fingerprint density at radius 2 is 1.69 bits per heavy atom. The van der Waals surface area contributed by atoms with Gasteiger partial charge in [0.25, 0.3) is 5.91 Å². The van der Waals surface area contributed by atoms with E-state index in [0.29, 0.717) is 43.0 Å². The number of nitrogens with zero attached hydrogens (tertiary/aromatic N) is 1. The van der Waals surface area contributed by atoms with E-state index in [1.54, 1.807) is 37.3 Å². The van der Waals surface area contributed by atoms with Gasteiger partial charge in [-0.25, -0.2) is 4.79 Å². The van der Waals surface area contributed by atoms with E-state index in [4.69, 9.17) is 14.2 Å². The summed E-state index contributed by atoms with van der Waals surface area (Å²) < 4.78 is 15.8. The summed E-state index contributed by atoms with van der Waals surface area (Å²) in [5.74, 6) is 1.05. The lowest BCUT2D eigenvalue weighted by molar-refractivity contribution is 0.0700. The molecule has 0 radical (unpaired) electrons. The molecule has 7 nitrogen and oxygen atoms in total. The number of ether oxygens (including phenoxy) is 3. The van der Waals surface area contributed by atoms with Crippen LogP contribution in [0.1, 0.15) is 28.8 Å². The van der Waals surface area contributed by atoms with Gasteiger partial charge in [0, 0.05) is 24.7 Å². The van der Waals surface area contributed by atoms with Gasteiger partial charge in [-0.15, -0.1) is 0 Å². The highest BCUT2D eigenvalue weighted by molar-refractivity contribution is 5.95. The number of carbonyl (C=O) groups is 2. The molecule has 0 aromatic heterocycles. The van der Waals surface area contributed by atoms with E-state index in [0.717, 1.165) is 5.56 Å². The molecule has 1 fully saturated rings. The summed E-state index contributed by atoms with van der Waals surface area (Å²) in [6.45, 7) is 1.37. The van der Waals surface area contributed by atoms with Crippen LogP contribution in [-0.4, -0.2) is 50.3 Å². The van der Waals surface area contributed by atoms with Crippen molar-refractivity contribution in [1.82, 2.24) is 10.2 Å². The van der Waals surface area contributed by atoms with E-state index >= 15 is 0 Å². The molecule has 2 amide bonds. The predicted octanol–water partition coefficient (Wildman–Crippen LogP) is 3.23. The van der Waals surface area contributed by atoms with E-state index in [1.807, 2.05) is 30.3 Å². The van der Waals surface area contributed by atoms with Crippen LogP contribution in [0, 0.1) is 0 Å². The molecule has 1 heterocycles. The molecule has 0 spiro atoms. The Labute approximate surface area is 170 Å². The number of likely N-dealkylation sites (tertiary alicyclic amines) is 1. The number of nitrogens with one attached hydrogen (secondary N) is 1. The number of hydrogen-bond donors (Lipinski definition) is 1. The smallest absolute Gasteiger partial charge is 0.407 e. The minimum atomic E-state index is -0.432. The van der Waals surface area contributed by atoms with Crippen LogP contribution in [0.5, 0.6) is 11.5 Å². The van der Waals surface area contributed by atoms with Crippen LogP contribution >= 0.6 is 0 Å². The SMILES string of the molecule is COc1ccc(C(=O)N2CCC(NC(=O)OCc3ccccc3)CC2)cc1OC. The highest BCUT2D eigenvalue weighted by Gasteiger charge is 2.25. The number of amides is 2. The van der Waals surface area contributed by atoms with Crippen molar-refractivity contribution in [1.29, 1.82) is 0 Å². The molecule has 2 aromatic rings. The molecule has 1 aliphatic rings. The molecular weight excluding hydrogens is 372 g/mol. The second kappa shape index (κ2) is 9.82. The highest BCUT2D eigenvalue weighted by atomic mass is 16.5. The first kappa shape index (κ1) is 20.5. The zero-order valence-electron chi connectivity index (χ0n) is 16.7. The second-order valence-corrected chi connectivity index (χ2v) is 6.84. The Balaban J connectivity index is 1.47. The number of hydrogen-bond acceptors (Lipinski definition) is 5. The van der Waals surface area contributed by atoms with Crippen LogP contribution in [0.25, 0.3) is 0 Å². The van der Waals surface area contributed by atoms with Gasteiger partial charge in [0.15, 0.2) is 11.5 Å². The van der Waals surface area contributed by atoms with Crippen LogP contribution in [-0.2, 0) is 11.3 Å². The second-order valence-electron chi connectivity index (χ2n) is 6.84. The predicted molar refractivity (Wildman–Crippen MR) is 108 cm³/mol. The molecule has 0 aliphatic carbocycles. The lowest BCUT2D eigenvalue weighted by Crippen LogP contribution is -2.46. The van der Waals surface area contributed by atoms with Crippen LogP contribution < -0.4 is 14.8 Å². The number of alkyl carbamates (subject to hydrolysis) is 1. The number of benzene rings is 2. The fourth-order valence-electron chi connectivity index (χ4n) is 3.31. The lowest BCUT2D eigenvalue weighted by atomic mass is 10.0. The average molecular weight is 398 g/mol. The maximum absolute atomic E-state index is 12.8. The summed E-state index contributed by atoms with van der Waals surface area (Å²) in [5, 5.41) is 2.89.